The predicted octanol–water partition coefficient (Wildman–Crippen LogP) is 27.0. The monoisotopic (exact) mass is 1120 g/mol. The first kappa shape index (κ1) is 68.2. The molecular formula is C81H116N2. The summed E-state index contributed by atoms with van der Waals surface area (Å²) in [4.78, 5) is 5.21. The van der Waals surface area contributed by atoms with Gasteiger partial charge in [-0.3, -0.25) is 0 Å². The summed E-state index contributed by atoms with van der Waals surface area (Å²) < 4.78 is 0. The zero-order valence-corrected chi connectivity index (χ0v) is 56.4. The summed E-state index contributed by atoms with van der Waals surface area (Å²) in [5, 5.41) is 5.21. The Bertz CT molecular complexity index is 2790. The number of benzene rings is 7. The Kier molecular flexibility index (Phi) is 26.8. The number of hydrogen-bond acceptors (Lipinski definition) is 2. The van der Waals surface area contributed by atoms with E-state index in [2.05, 4.69) is 254 Å². The number of anilines is 6. The third kappa shape index (κ3) is 19.2. The highest BCUT2D eigenvalue weighted by Crippen LogP contribution is 2.53. The number of hydrogen-bond donors (Lipinski definition) is 0. The van der Waals surface area contributed by atoms with Gasteiger partial charge < -0.3 is 9.80 Å². The van der Waals surface area contributed by atoms with Crippen molar-refractivity contribution in [2.45, 2.75) is 256 Å². The van der Waals surface area contributed by atoms with Gasteiger partial charge in [-0.2, -0.15) is 0 Å². The fourth-order valence-electron chi connectivity index (χ4n) is 11.3. The Labute approximate surface area is 510 Å². The molecule has 0 aliphatic heterocycles. The Morgan fingerprint density at radius 2 is 0.675 bits per heavy atom. The van der Waals surface area contributed by atoms with E-state index in [9.17, 15) is 0 Å². The second kappa shape index (κ2) is 32.6. The minimum Gasteiger partial charge on any atom is -0.309 e. The van der Waals surface area contributed by atoms with Gasteiger partial charge in [-0.05, 0) is 180 Å². The van der Waals surface area contributed by atoms with Gasteiger partial charge in [-0.15, -0.1) is 0 Å². The van der Waals surface area contributed by atoms with E-state index in [1.54, 1.807) is 0 Å². The topological polar surface area (TPSA) is 6.48 Å². The third-order valence-electron chi connectivity index (χ3n) is 16.5. The molecule has 2 nitrogen and oxygen atoms in total. The molecule has 2 heteroatoms. The zero-order chi connectivity index (χ0) is 61.0. The summed E-state index contributed by atoms with van der Waals surface area (Å²) in [5.74, 6) is 3.96. The first-order valence-electron chi connectivity index (χ1n) is 33.2. The van der Waals surface area contributed by atoms with Crippen LogP contribution in [0.1, 0.15) is 279 Å². The van der Waals surface area contributed by atoms with Crippen molar-refractivity contribution >= 4 is 55.7 Å². The number of rotatable bonds is 10. The van der Waals surface area contributed by atoms with E-state index in [0.717, 1.165) is 11.8 Å². The Hall–Kier alpha value is -5.60. The lowest BCUT2D eigenvalue weighted by Crippen LogP contribution is -2.16. The molecule has 3 aliphatic rings. The molecule has 0 radical (unpaired) electrons. The average molecular weight is 1120 g/mol. The molecule has 7 aromatic rings. The minimum atomic E-state index is 0.0512. The summed E-state index contributed by atoms with van der Waals surface area (Å²) in [6, 6.07) is 53.2. The van der Waals surface area contributed by atoms with Crippen molar-refractivity contribution in [2.75, 3.05) is 9.80 Å². The van der Waals surface area contributed by atoms with Gasteiger partial charge in [0.2, 0.25) is 0 Å². The van der Waals surface area contributed by atoms with Gasteiger partial charge in [-0.1, -0.05) is 267 Å². The van der Waals surface area contributed by atoms with Crippen molar-refractivity contribution in [3.05, 3.63) is 179 Å². The normalized spacial score (nSPS) is 14.8. The Balaban J connectivity index is 0.000000655. The molecule has 0 unspecified atom stereocenters. The smallest absolute Gasteiger partial charge is 0.0620 e. The molecule has 10 rings (SSSR count). The van der Waals surface area contributed by atoms with Crippen LogP contribution in [0.25, 0.3) is 21.5 Å². The zero-order valence-electron chi connectivity index (χ0n) is 56.4. The summed E-state index contributed by atoms with van der Waals surface area (Å²) in [6.07, 6.45) is 21.2. The summed E-state index contributed by atoms with van der Waals surface area (Å²) >= 11 is 0. The SMILES string of the molecule is CC.CC(C)C.CC(C)c1ccc(N(c2ccc(C(C)(C)C)cc2)c2c3ccc(C4CCCCC4)cc3c(N(c3ccc(C(C)C)cc3)c3ccc(C(C)(C)C)cc3)c3ccc(C4CCCCC4)cc23)cc1.CC1CC1.CC=CC.CCC. The molecule has 7 aromatic carbocycles. The molecule has 3 aliphatic carbocycles. The molecule has 0 saturated heterocycles. The molecule has 3 saturated carbocycles. The second-order valence-electron chi connectivity index (χ2n) is 27.5. The van der Waals surface area contributed by atoms with Crippen molar-refractivity contribution < 1.29 is 0 Å². The fraction of sp³-hybridized carbons (Fsp3) is 0.506. The predicted molar refractivity (Wildman–Crippen MR) is 375 cm³/mol. The Morgan fingerprint density at radius 1 is 0.410 bits per heavy atom. The maximum absolute atomic E-state index is 2.63. The maximum Gasteiger partial charge on any atom is 0.0620 e. The highest BCUT2D eigenvalue weighted by atomic mass is 15.2. The highest BCUT2D eigenvalue weighted by molar-refractivity contribution is 6.23. The van der Waals surface area contributed by atoms with Crippen LogP contribution in [0.15, 0.2) is 146 Å². The van der Waals surface area contributed by atoms with Crippen LogP contribution in [0.4, 0.5) is 34.1 Å². The van der Waals surface area contributed by atoms with Gasteiger partial charge in [0.05, 0.1) is 11.4 Å². The molecule has 83 heavy (non-hydrogen) atoms. The summed E-state index contributed by atoms with van der Waals surface area (Å²) in [6.45, 7) is 44.1. The van der Waals surface area contributed by atoms with Crippen LogP contribution >= 0.6 is 0 Å². The molecule has 0 amide bonds. The van der Waals surface area contributed by atoms with Crippen LogP contribution < -0.4 is 9.80 Å². The lowest BCUT2D eigenvalue weighted by molar-refractivity contribution is 0.444. The van der Waals surface area contributed by atoms with Gasteiger partial charge in [0, 0.05) is 44.3 Å². The first-order chi connectivity index (χ1) is 39.6. The van der Waals surface area contributed by atoms with E-state index in [4.69, 9.17) is 0 Å². The molecule has 0 bridgehead atoms. The van der Waals surface area contributed by atoms with E-state index >= 15 is 0 Å². The van der Waals surface area contributed by atoms with Crippen LogP contribution in [-0.4, -0.2) is 0 Å². The Morgan fingerprint density at radius 3 is 0.904 bits per heavy atom. The van der Waals surface area contributed by atoms with Crippen molar-refractivity contribution in [2.24, 2.45) is 11.8 Å². The van der Waals surface area contributed by atoms with Crippen LogP contribution in [0.2, 0.25) is 0 Å². The molecule has 0 N–H and O–H groups in total. The van der Waals surface area contributed by atoms with Crippen molar-refractivity contribution in [1.29, 1.82) is 0 Å². The van der Waals surface area contributed by atoms with Crippen LogP contribution in [0.5, 0.6) is 0 Å². The van der Waals surface area contributed by atoms with Gasteiger partial charge in [0.15, 0.2) is 0 Å². The molecule has 450 valence electrons. The number of fused-ring (bicyclic) bond motifs is 2. The largest absolute Gasteiger partial charge is 0.309 e. The summed E-state index contributed by atoms with van der Waals surface area (Å²) in [7, 11) is 0. The molecule has 0 atom stereocenters. The van der Waals surface area contributed by atoms with Gasteiger partial charge >= 0.3 is 0 Å². The molecule has 3 fully saturated rings. The minimum absolute atomic E-state index is 0.0512. The lowest BCUT2D eigenvalue weighted by atomic mass is 9.81. The van der Waals surface area contributed by atoms with Crippen LogP contribution in [0, 0.1) is 11.8 Å². The third-order valence-corrected chi connectivity index (χ3v) is 16.5. The van der Waals surface area contributed by atoms with Crippen LogP contribution in [-0.2, 0) is 10.8 Å². The van der Waals surface area contributed by atoms with Crippen LogP contribution in [0.3, 0.4) is 0 Å². The van der Waals surface area contributed by atoms with E-state index in [0.29, 0.717) is 23.7 Å². The van der Waals surface area contributed by atoms with E-state index in [-0.39, 0.29) is 10.8 Å². The van der Waals surface area contributed by atoms with Crippen molar-refractivity contribution in [3.63, 3.8) is 0 Å². The summed E-state index contributed by atoms with van der Waals surface area (Å²) in [5.41, 5.74) is 15.8. The molecule has 0 spiro atoms. The molecule has 0 heterocycles. The standard InChI is InChI=1S/C64H76N2.C4H8.C4H10.C4H8.C3H8.C2H6/c1-43(2)45-21-31-53(32-22-45)65(55-35-27-51(28-36-55)63(5,6)7)61-57-39-25-50(48-19-15-12-16-20-48)42-60(57)62(58-40-26-49(41-59(58)61)47-17-13-11-14-18-47)66(54-33-23-46(24-34-54)44(3)4)56-37-29-52(30-38-56)64(8,9)10;1-4-2-3-4;1-4(2)3;1-3-4-2;1-3-2;1-2/h21-44,47-48H,11-20H2,1-10H3;4H,2-3H2,1H3;4H,1-3H3;3-4H,1-2H3;3H2,1-2H3;1-2H3. The number of nitrogens with zero attached hydrogens (tertiary/aromatic N) is 2. The van der Waals surface area contributed by atoms with Crippen molar-refractivity contribution in [3.8, 4) is 0 Å². The van der Waals surface area contributed by atoms with E-state index in [1.165, 1.54) is 173 Å². The fourth-order valence-corrected chi connectivity index (χ4v) is 11.3. The van der Waals surface area contributed by atoms with Gasteiger partial charge in [0.25, 0.3) is 0 Å². The molecular weight excluding hydrogens is 1000 g/mol. The number of allylic oxidation sites excluding steroid dienone is 2. The highest BCUT2D eigenvalue weighted by Gasteiger charge is 2.29. The second-order valence-corrected chi connectivity index (χ2v) is 27.5. The van der Waals surface area contributed by atoms with E-state index in [1.807, 2.05) is 39.8 Å². The average Bonchev–Trinajstić information content (AvgIpc) is 4.04. The molecule has 0 aromatic heterocycles. The lowest BCUT2D eigenvalue weighted by Gasteiger charge is -2.34. The van der Waals surface area contributed by atoms with Gasteiger partial charge in [-0.25, -0.2) is 0 Å². The van der Waals surface area contributed by atoms with Gasteiger partial charge in [0.1, 0.15) is 0 Å². The maximum atomic E-state index is 2.63. The van der Waals surface area contributed by atoms with Crippen molar-refractivity contribution in [1.82, 2.24) is 0 Å². The quantitative estimate of drug-likeness (QED) is 0.0765. The first-order valence-corrected chi connectivity index (χ1v) is 33.2. The van der Waals surface area contributed by atoms with E-state index < -0.39 is 0 Å².